The molecule has 0 aliphatic rings. The van der Waals surface area contributed by atoms with Crippen molar-refractivity contribution in [1.82, 2.24) is 0 Å². The van der Waals surface area contributed by atoms with Crippen LogP contribution in [0.2, 0.25) is 0 Å². The fraction of sp³-hybridized carbons (Fsp3) is 0.882. The summed E-state index contributed by atoms with van der Waals surface area (Å²) in [4.78, 5) is 0. The molecule has 0 aliphatic carbocycles. The van der Waals surface area contributed by atoms with Gasteiger partial charge in [-0.3, -0.25) is 0 Å². The van der Waals surface area contributed by atoms with Crippen LogP contribution < -0.4 is 0 Å². The molecule has 258 valence electrons. The minimum absolute atomic E-state index is 1.58. The largest absolute Gasteiger partial charge is 0.460 e. The van der Waals surface area contributed by atoms with E-state index in [4.69, 9.17) is 5.11 Å². The summed E-state index contributed by atoms with van der Waals surface area (Å²) in [6.45, 7) is -1.58. The molecule has 0 radical (unpaired) electrons. The van der Waals surface area contributed by atoms with Crippen LogP contribution in [0, 0.1) is 0 Å². The van der Waals surface area contributed by atoms with E-state index >= 15 is 0 Å². The van der Waals surface area contributed by atoms with E-state index in [0.29, 0.717) is 0 Å². The molecule has 43 heavy (non-hydrogen) atoms. The van der Waals surface area contributed by atoms with Crippen LogP contribution in [0.4, 0.5) is 110 Å². The fourth-order valence-corrected chi connectivity index (χ4v) is 2.49. The molecule has 0 spiro atoms. The van der Waals surface area contributed by atoms with Crippen molar-refractivity contribution in [1.29, 1.82) is 0 Å². The lowest BCUT2D eigenvalue weighted by Crippen LogP contribution is -2.70. The third-order valence-electron chi connectivity index (χ3n) is 5.17. The highest BCUT2D eigenvalue weighted by atomic mass is 19.4. The van der Waals surface area contributed by atoms with E-state index < -0.39 is 103 Å². The number of alkyl halides is 25. The molecular formula is C17H9F25O. The van der Waals surface area contributed by atoms with Crippen LogP contribution in [0.25, 0.3) is 0 Å². The van der Waals surface area contributed by atoms with Gasteiger partial charge in [0.1, 0.15) is 0 Å². The number of allylic oxidation sites excluding steroid dienone is 2. The quantitative estimate of drug-likeness (QED) is 0.142. The van der Waals surface area contributed by atoms with E-state index in [1.54, 1.807) is 0 Å². The normalized spacial score (nSPS) is 16.8. The van der Waals surface area contributed by atoms with Gasteiger partial charge >= 0.3 is 71.3 Å². The van der Waals surface area contributed by atoms with Crippen molar-refractivity contribution >= 4 is 0 Å². The molecule has 0 aromatic heterocycles. The second-order valence-electron chi connectivity index (χ2n) is 8.20. The SMILES string of the molecule is OCCCC(F)(F)C(F)(F)C(F)(F)C(F)(F)C(F)(F)C(F)(F)/C=C/C(F)(F)C(F)(F)C(F)(F)C(F)(F)C(F)(F)C(F)(F)F. The van der Waals surface area contributed by atoms with Gasteiger partial charge < -0.3 is 5.11 Å². The maximum Gasteiger partial charge on any atom is 0.460 e. The highest BCUT2D eigenvalue weighted by Crippen LogP contribution is 2.63. The van der Waals surface area contributed by atoms with Gasteiger partial charge in [-0.25, -0.2) is 0 Å². The van der Waals surface area contributed by atoms with Crippen molar-refractivity contribution in [2.24, 2.45) is 0 Å². The predicted molar refractivity (Wildman–Crippen MR) is 85.9 cm³/mol. The van der Waals surface area contributed by atoms with Crippen LogP contribution in [-0.4, -0.2) is 83.0 Å². The van der Waals surface area contributed by atoms with Crippen molar-refractivity contribution in [3.63, 3.8) is 0 Å². The summed E-state index contributed by atoms with van der Waals surface area (Å²) >= 11 is 0. The van der Waals surface area contributed by atoms with Gasteiger partial charge in [0.15, 0.2) is 0 Å². The average Bonchev–Trinajstić information content (AvgIpc) is 2.79. The molecule has 0 aromatic carbocycles. The monoisotopic (exact) mass is 704 g/mol. The molecule has 0 atom stereocenters. The number of hydrogen-bond acceptors (Lipinski definition) is 1. The molecule has 0 aliphatic heterocycles. The molecule has 0 amide bonds. The zero-order chi connectivity index (χ0) is 35.5. The predicted octanol–water partition coefficient (Wildman–Crippen LogP) is 8.87. The highest BCUT2D eigenvalue weighted by Gasteiger charge is 2.92. The van der Waals surface area contributed by atoms with E-state index in [1.807, 2.05) is 0 Å². The Morgan fingerprint density at radius 3 is 0.860 bits per heavy atom. The smallest absolute Gasteiger partial charge is 0.396 e. The molecule has 0 bridgehead atoms. The molecule has 1 N–H and O–H groups in total. The van der Waals surface area contributed by atoms with Gasteiger partial charge in [-0.15, -0.1) is 0 Å². The zero-order valence-electron chi connectivity index (χ0n) is 19.2. The molecule has 26 heteroatoms. The Morgan fingerprint density at radius 2 is 0.605 bits per heavy atom. The second-order valence-corrected chi connectivity index (χ2v) is 8.20. The summed E-state index contributed by atoms with van der Waals surface area (Å²) in [5.41, 5.74) is 0. The first-order valence-corrected chi connectivity index (χ1v) is 9.81. The van der Waals surface area contributed by atoms with E-state index in [1.165, 1.54) is 0 Å². The van der Waals surface area contributed by atoms with Crippen LogP contribution >= 0.6 is 0 Å². The van der Waals surface area contributed by atoms with Crippen molar-refractivity contribution in [3.05, 3.63) is 12.2 Å². The van der Waals surface area contributed by atoms with Gasteiger partial charge in [-0.05, 0) is 18.6 Å². The van der Waals surface area contributed by atoms with Gasteiger partial charge in [-0.2, -0.15) is 110 Å². The minimum atomic E-state index is -8.72. The lowest BCUT2D eigenvalue weighted by molar-refractivity contribution is -0.436. The van der Waals surface area contributed by atoms with Crippen molar-refractivity contribution < 1.29 is 115 Å². The number of aliphatic hydroxyl groups is 1. The number of aliphatic hydroxyl groups excluding tert-OH is 1. The second kappa shape index (κ2) is 10.8. The van der Waals surface area contributed by atoms with Crippen LogP contribution in [0.3, 0.4) is 0 Å². The molecule has 0 saturated carbocycles. The summed E-state index contributed by atoms with van der Waals surface area (Å²) in [5, 5.41) is 8.22. The van der Waals surface area contributed by atoms with Crippen molar-refractivity contribution in [2.45, 2.75) is 84.2 Å². The maximum absolute atomic E-state index is 13.7. The Hall–Kier alpha value is -2.05. The molecule has 0 fully saturated rings. The minimum Gasteiger partial charge on any atom is -0.396 e. The van der Waals surface area contributed by atoms with Crippen LogP contribution in [0.15, 0.2) is 12.2 Å². The van der Waals surface area contributed by atoms with Gasteiger partial charge in [0, 0.05) is 13.0 Å². The van der Waals surface area contributed by atoms with Crippen LogP contribution in [-0.2, 0) is 0 Å². The van der Waals surface area contributed by atoms with Gasteiger partial charge in [0.2, 0.25) is 0 Å². The molecule has 0 unspecified atom stereocenters. The van der Waals surface area contributed by atoms with E-state index in [0.717, 1.165) is 0 Å². The van der Waals surface area contributed by atoms with E-state index in [9.17, 15) is 110 Å². The molecule has 0 aromatic rings. The average molecular weight is 704 g/mol. The third kappa shape index (κ3) is 5.76. The third-order valence-corrected chi connectivity index (χ3v) is 5.17. The molecule has 0 rings (SSSR count). The number of halogens is 25. The lowest BCUT2D eigenvalue weighted by Gasteiger charge is -2.41. The zero-order valence-corrected chi connectivity index (χ0v) is 19.2. The van der Waals surface area contributed by atoms with Crippen LogP contribution in [0.5, 0.6) is 0 Å². The Kier molecular flexibility index (Phi) is 10.3. The summed E-state index contributed by atoms with van der Waals surface area (Å²) in [7, 11) is 0. The Labute approximate surface area is 219 Å². The molecule has 0 heterocycles. The summed E-state index contributed by atoms with van der Waals surface area (Å²) in [6, 6.07) is 0. The van der Waals surface area contributed by atoms with Gasteiger partial charge in [0.05, 0.1) is 0 Å². The first kappa shape index (κ1) is 41.0. The first-order chi connectivity index (χ1) is 18.3. The van der Waals surface area contributed by atoms with Crippen molar-refractivity contribution in [2.75, 3.05) is 6.61 Å². The fourth-order valence-electron chi connectivity index (χ4n) is 2.49. The number of hydrogen-bond donors (Lipinski definition) is 1. The Bertz CT molecular complexity index is 1000. The molecule has 1 nitrogen and oxygen atoms in total. The molecular weight excluding hydrogens is 695 g/mol. The van der Waals surface area contributed by atoms with Crippen LogP contribution in [0.1, 0.15) is 12.8 Å². The summed E-state index contributed by atoms with van der Waals surface area (Å²) in [6.07, 6.45) is -18.3. The van der Waals surface area contributed by atoms with Gasteiger partial charge in [-0.1, -0.05) is 0 Å². The summed E-state index contributed by atoms with van der Waals surface area (Å²) < 4.78 is 331. The van der Waals surface area contributed by atoms with Gasteiger partial charge in [0.25, 0.3) is 0 Å². The lowest BCUT2D eigenvalue weighted by atomic mass is 9.89. The molecule has 0 saturated heterocycles. The Balaban J connectivity index is 6.89. The first-order valence-electron chi connectivity index (χ1n) is 9.81. The van der Waals surface area contributed by atoms with E-state index in [2.05, 4.69) is 0 Å². The Morgan fingerprint density at radius 1 is 0.349 bits per heavy atom. The topological polar surface area (TPSA) is 20.2 Å². The highest BCUT2D eigenvalue weighted by molar-refractivity contribution is 5.20. The maximum atomic E-state index is 13.7. The van der Waals surface area contributed by atoms with Crippen molar-refractivity contribution in [3.8, 4) is 0 Å². The number of rotatable bonds is 14. The summed E-state index contributed by atoms with van der Waals surface area (Å²) in [5.74, 6) is -89.5. The standard InChI is InChI=1S/C17H9F25O/c18-6(19,2-1-5-43)9(24,25)12(30,31)13(32,33)10(26,27)7(20,21)3-4-8(22,23)11(28,29)14(34,35)15(36,37)16(38,39)17(40,41)42/h3-4,43H,1-2,5H2/b4-3+. The van der Waals surface area contributed by atoms with E-state index in [-0.39, 0.29) is 0 Å².